The summed E-state index contributed by atoms with van der Waals surface area (Å²) in [6.45, 7) is 5.70. The van der Waals surface area contributed by atoms with Crippen LogP contribution in [0.5, 0.6) is 0 Å². The lowest BCUT2D eigenvalue weighted by atomic mass is 10.1. The largest absolute Gasteiger partial charge is 0.463 e. The van der Waals surface area contributed by atoms with Crippen molar-refractivity contribution in [3.63, 3.8) is 0 Å². The minimum absolute atomic E-state index is 0.0306. The summed E-state index contributed by atoms with van der Waals surface area (Å²) < 4.78 is 13.6. The number of imidazole rings is 1. The number of thiophene rings is 1. The van der Waals surface area contributed by atoms with Gasteiger partial charge in [-0.25, -0.2) is 9.99 Å². The van der Waals surface area contributed by atoms with Crippen molar-refractivity contribution in [1.82, 2.24) is 14.6 Å². The molecule has 0 aliphatic carbocycles. The number of ether oxygens (including phenoxy) is 1. The summed E-state index contributed by atoms with van der Waals surface area (Å²) in [7, 11) is 0. The van der Waals surface area contributed by atoms with E-state index in [4.69, 9.17) is 14.1 Å². The molecule has 0 N–H and O–H groups in total. The number of carbonyl (C=O) groups excluding carboxylic acids is 1. The number of hydrogen-bond donors (Lipinski definition) is 0. The van der Waals surface area contributed by atoms with Crippen molar-refractivity contribution in [2.75, 3.05) is 12.4 Å². The summed E-state index contributed by atoms with van der Waals surface area (Å²) in [5.74, 6) is 0.961. The molecule has 7 nitrogen and oxygen atoms in total. The topological polar surface area (TPSA) is 72.9 Å². The molecule has 2 aliphatic heterocycles. The Morgan fingerprint density at radius 3 is 2.94 bits per heavy atom. The highest BCUT2D eigenvalue weighted by molar-refractivity contribution is 7.99. The molecule has 2 atom stereocenters. The molecular weight excluding hydrogens is 444 g/mol. The van der Waals surface area contributed by atoms with E-state index in [0.717, 1.165) is 53.1 Å². The Labute approximate surface area is 195 Å². The van der Waals surface area contributed by atoms with E-state index in [1.165, 1.54) is 11.8 Å². The van der Waals surface area contributed by atoms with Crippen molar-refractivity contribution < 1.29 is 13.9 Å². The van der Waals surface area contributed by atoms with Crippen molar-refractivity contribution in [2.24, 2.45) is 5.10 Å². The number of furan rings is 1. The van der Waals surface area contributed by atoms with Gasteiger partial charge in [0.2, 0.25) is 0 Å². The number of amides is 1. The molecule has 0 saturated carbocycles. The van der Waals surface area contributed by atoms with Crippen molar-refractivity contribution in [2.45, 2.75) is 57.0 Å². The normalized spacial score (nSPS) is 20.8. The van der Waals surface area contributed by atoms with Crippen molar-refractivity contribution in [1.29, 1.82) is 0 Å². The van der Waals surface area contributed by atoms with Crippen LogP contribution in [0, 0.1) is 13.8 Å². The molecule has 0 aromatic carbocycles. The predicted molar refractivity (Wildman–Crippen MR) is 125 cm³/mol. The third-order valence-corrected chi connectivity index (χ3v) is 7.94. The number of nitrogens with zero attached hydrogens (tertiary/aromatic N) is 4. The Hall–Kier alpha value is -2.36. The maximum Gasteiger partial charge on any atom is 0.253 e. The van der Waals surface area contributed by atoms with E-state index in [2.05, 4.69) is 22.7 Å². The summed E-state index contributed by atoms with van der Waals surface area (Å²) in [6.07, 6.45) is 4.68. The summed E-state index contributed by atoms with van der Waals surface area (Å²) in [5.41, 5.74) is 2.93. The summed E-state index contributed by atoms with van der Waals surface area (Å²) in [4.78, 5) is 19.1. The van der Waals surface area contributed by atoms with Crippen LogP contribution in [-0.2, 0) is 16.1 Å². The fourth-order valence-electron chi connectivity index (χ4n) is 4.17. The zero-order chi connectivity index (χ0) is 22.1. The molecule has 5 rings (SSSR count). The number of aromatic nitrogens is 2. The highest BCUT2D eigenvalue weighted by Crippen LogP contribution is 2.36. The van der Waals surface area contributed by atoms with Gasteiger partial charge < -0.3 is 13.7 Å². The van der Waals surface area contributed by atoms with Crippen LogP contribution in [0.25, 0.3) is 0 Å². The van der Waals surface area contributed by atoms with Gasteiger partial charge >= 0.3 is 0 Å². The maximum absolute atomic E-state index is 13.3. The average Bonchev–Trinajstić information content (AvgIpc) is 3.59. The van der Waals surface area contributed by atoms with Crippen LogP contribution in [0.4, 0.5) is 0 Å². The fourth-order valence-corrected chi connectivity index (χ4v) is 5.93. The van der Waals surface area contributed by atoms with E-state index in [0.29, 0.717) is 12.2 Å². The molecule has 2 aliphatic rings. The third kappa shape index (κ3) is 4.29. The molecule has 1 saturated heterocycles. The first-order chi connectivity index (χ1) is 15.6. The van der Waals surface area contributed by atoms with Gasteiger partial charge in [0, 0.05) is 23.6 Å². The van der Waals surface area contributed by atoms with Gasteiger partial charge in [-0.3, -0.25) is 4.79 Å². The molecule has 32 heavy (non-hydrogen) atoms. The second kappa shape index (κ2) is 9.25. The quantitative estimate of drug-likeness (QED) is 0.464. The lowest BCUT2D eigenvalue weighted by Crippen LogP contribution is -2.28. The van der Waals surface area contributed by atoms with Crippen LogP contribution in [0.1, 0.15) is 47.3 Å². The molecule has 1 fully saturated rings. The van der Waals surface area contributed by atoms with Gasteiger partial charge in [0.15, 0.2) is 5.16 Å². The molecule has 5 heterocycles. The smallest absolute Gasteiger partial charge is 0.253 e. The maximum atomic E-state index is 13.3. The first kappa shape index (κ1) is 21.5. The first-order valence-electron chi connectivity index (χ1n) is 10.8. The molecule has 0 spiro atoms. The number of rotatable bonds is 7. The average molecular weight is 471 g/mol. The van der Waals surface area contributed by atoms with Crippen LogP contribution in [0.3, 0.4) is 0 Å². The van der Waals surface area contributed by atoms with Crippen molar-refractivity contribution >= 4 is 34.7 Å². The first-order valence-corrected chi connectivity index (χ1v) is 12.7. The molecule has 1 amide bonds. The zero-order valence-corrected chi connectivity index (χ0v) is 19.8. The molecular formula is C23H26N4O3S2. The van der Waals surface area contributed by atoms with E-state index in [9.17, 15) is 4.79 Å². The van der Waals surface area contributed by atoms with Crippen LogP contribution in [0.2, 0.25) is 0 Å². The highest BCUT2D eigenvalue weighted by Gasteiger charge is 2.34. The summed E-state index contributed by atoms with van der Waals surface area (Å²) in [6, 6.07) is 7.70. The predicted octanol–water partition coefficient (Wildman–Crippen LogP) is 4.80. The highest BCUT2D eigenvalue weighted by atomic mass is 32.2. The summed E-state index contributed by atoms with van der Waals surface area (Å²) in [5, 5.41) is 9.19. The molecule has 3 aromatic heterocycles. The van der Waals surface area contributed by atoms with Gasteiger partial charge in [-0.2, -0.15) is 5.10 Å². The monoisotopic (exact) mass is 470 g/mol. The minimum Gasteiger partial charge on any atom is -0.463 e. The molecule has 3 aromatic rings. The Morgan fingerprint density at radius 2 is 2.22 bits per heavy atom. The van der Waals surface area contributed by atoms with E-state index >= 15 is 0 Å². The second-order valence-corrected chi connectivity index (χ2v) is 10.0. The summed E-state index contributed by atoms with van der Waals surface area (Å²) >= 11 is 3.12. The SMILES string of the molecule is Cc1nc(SCC(=O)N2N=C(c3ccco3)C[C@@H]2c2cccs2)n(C[C@H]2CCCO2)c1C. The number of carbonyl (C=O) groups is 1. The molecule has 0 radical (unpaired) electrons. The minimum atomic E-state index is -0.0988. The third-order valence-electron chi connectivity index (χ3n) is 6.00. The van der Waals surface area contributed by atoms with Crippen molar-refractivity contribution in [3.8, 4) is 0 Å². The van der Waals surface area contributed by atoms with Gasteiger partial charge in [0.05, 0.1) is 36.4 Å². The number of aryl methyl sites for hydroxylation is 1. The zero-order valence-electron chi connectivity index (χ0n) is 18.2. The van der Waals surface area contributed by atoms with E-state index in [1.54, 1.807) is 22.6 Å². The Bertz CT molecular complexity index is 1100. The van der Waals surface area contributed by atoms with E-state index in [1.807, 2.05) is 30.5 Å². The van der Waals surface area contributed by atoms with Crippen LogP contribution >= 0.6 is 23.1 Å². The van der Waals surface area contributed by atoms with E-state index in [-0.39, 0.29) is 23.8 Å². The van der Waals surface area contributed by atoms with Gasteiger partial charge in [0.25, 0.3) is 5.91 Å². The lowest BCUT2D eigenvalue weighted by molar-refractivity contribution is -0.130. The molecule has 0 bridgehead atoms. The van der Waals surface area contributed by atoms with Crippen molar-refractivity contribution in [3.05, 3.63) is 57.9 Å². The Kier molecular flexibility index (Phi) is 6.21. The van der Waals surface area contributed by atoms with Crippen LogP contribution < -0.4 is 0 Å². The fraction of sp³-hybridized carbons (Fsp3) is 0.435. The van der Waals surface area contributed by atoms with Crippen LogP contribution in [-0.4, -0.2) is 44.6 Å². The molecule has 168 valence electrons. The lowest BCUT2D eigenvalue weighted by Gasteiger charge is -2.20. The van der Waals surface area contributed by atoms with Gasteiger partial charge in [-0.05, 0) is 50.3 Å². The van der Waals surface area contributed by atoms with E-state index < -0.39 is 0 Å². The number of hydrogen-bond acceptors (Lipinski definition) is 7. The van der Waals surface area contributed by atoms with Gasteiger partial charge in [0.1, 0.15) is 11.5 Å². The Balaban J connectivity index is 1.33. The second-order valence-electron chi connectivity index (χ2n) is 8.10. The number of hydrazone groups is 1. The Morgan fingerprint density at radius 1 is 1.31 bits per heavy atom. The molecule has 9 heteroatoms. The van der Waals surface area contributed by atoms with Gasteiger partial charge in [-0.15, -0.1) is 11.3 Å². The molecule has 0 unspecified atom stereocenters. The number of thioether (sulfide) groups is 1. The van der Waals surface area contributed by atoms with Crippen LogP contribution in [0.15, 0.2) is 50.6 Å². The van der Waals surface area contributed by atoms with Gasteiger partial charge in [-0.1, -0.05) is 17.8 Å². The standard InChI is InChI=1S/C23H26N4O3S2/c1-15-16(2)26(13-17-6-3-9-29-17)23(24-15)32-14-22(28)27-19(21-8-5-11-31-21)12-18(25-27)20-7-4-10-30-20/h4-5,7-8,10-11,17,19H,3,6,9,12-14H2,1-2H3/t17-,19-/m1/s1.